The molecule has 1 amide bonds. The molecule has 6 nitrogen and oxygen atoms in total. The van der Waals surface area contributed by atoms with Crippen molar-refractivity contribution >= 4 is 60.1 Å². The van der Waals surface area contributed by atoms with Crippen LogP contribution < -0.4 is 9.64 Å². The highest BCUT2D eigenvalue weighted by Gasteiger charge is 2.48. The van der Waals surface area contributed by atoms with E-state index in [0.29, 0.717) is 22.0 Å². The molecule has 182 valence electrons. The molecule has 1 aliphatic rings. The van der Waals surface area contributed by atoms with E-state index in [-0.39, 0.29) is 11.3 Å². The topological polar surface area (TPSA) is 79.7 Å². The highest BCUT2D eigenvalue weighted by molar-refractivity contribution is 9.10. The average Bonchev–Trinajstić information content (AvgIpc) is 3.38. The maximum absolute atomic E-state index is 13.5. The lowest BCUT2D eigenvalue weighted by molar-refractivity contribution is -0.132. The number of methoxy groups -OCH3 is 1. The maximum atomic E-state index is 13.5. The molecule has 0 spiro atoms. The monoisotopic (exact) mass is 562 g/mol. The van der Waals surface area contributed by atoms with E-state index < -0.39 is 17.7 Å². The molecule has 5 rings (SSSR count). The van der Waals surface area contributed by atoms with Crippen LogP contribution in [0.25, 0.3) is 16.0 Å². The molecule has 0 bridgehead atoms. The molecule has 8 heteroatoms. The predicted octanol–water partition coefficient (Wildman–Crippen LogP) is 6.62. The highest BCUT2D eigenvalue weighted by atomic mass is 79.9. The van der Waals surface area contributed by atoms with Gasteiger partial charge in [-0.2, -0.15) is 0 Å². The number of aryl methyl sites for hydroxylation is 3. The van der Waals surface area contributed by atoms with E-state index in [1.807, 2.05) is 57.2 Å². The van der Waals surface area contributed by atoms with Gasteiger partial charge in [-0.05, 0) is 79.4 Å². The smallest absolute Gasteiger partial charge is 0.301 e. The number of carbonyl (C=O) groups excluding carboxylic acids is 2. The van der Waals surface area contributed by atoms with Crippen LogP contribution in [0, 0.1) is 20.8 Å². The number of anilines is 1. The van der Waals surface area contributed by atoms with Crippen LogP contribution in [0.2, 0.25) is 0 Å². The number of amides is 1. The normalized spacial score (nSPS) is 17.2. The second-order valence-electron chi connectivity index (χ2n) is 8.83. The van der Waals surface area contributed by atoms with Crippen molar-refractivity contribution in [3.63, 3.8) is 0 Å². The van der Waals surface area contributed by atoms with Crippen molar-refractivity contribution in [3.05, 3.63) is 92.5 Å². The molecule has 0 unspecified atom stereocenters. The van der Waals surface area contributed by atoms with E-state index in [1.54, 1.807) is 25.3 Å². The number of Topliss-reactive ketones (excluding diaryl/α,β-unsaturated/α-hetero) is 1. The highest BCUT2D eigenvalue weighted by Crippen LogP contribution is 2.45. The number of hydrogen-bond donors (Lipinski definition) is 1. The summed E-state index contributed by atoms with van der Waals surface area (Å²) in [6, 6.07) is 15.7. The summed E-state index contributed by atoms with van der Waals surface area (Å²) in [6.45, 7) is 5.84. The number of ether oxygens (including phenoxy) is 1. The minimum absolute atomic E-state index is 0.0269. The van der Waals surface area contributed by atoms with Crippen LogP contribution >= 0.6 is 27.3 Å². The van der Waals surface area contributed by atoms with E-state index >= 15 is 0 Å². The van der Waals surface area contributed by atoms with Crippen molar-refractivity contribution in [2.75, 3.05) is 12.0 Å². The fourth-order valence-electron chi connectivity index (χ4n) is 4.63. The number of fused-ring (bicyclic) bond motifs is 1. The van der Waals surface area contributed by atoms with Gasteiger partial charge in [0.1, 0.15) is 11.5 Å². The number of hydrogen-bond acceptors (Lipinski definition) is 6. The summed E-state index contributed by atoms with van der Waals surface area (Å²) in [4.78, 5) is 33.1. The Bertz CT molecular complexity index is 1570. The maximum Gasteiger partial charge on any atom is 0.301 e. The summed E-state index contributed by atoms with van der Waals surface area (Å²) in [6.07, 6.45) is 0. The largest absolute Gasteiger partial charge is 0.507 e. The summed E-state index contributed by atoms with van der Waals surface area (Å²) < 4.78 is 7.12. The zero-order chi connectivity index (χ0) is 25.7. The molecule has 1 fully saturated rings. The van der Waals surface area contributed by atoms with Crippen LogP contribution in [-0.2, 0) is 9.59 Å². The number of halogens is 1. The average molecular weight is 563 g/mol. The van der Waals surface area contributed by atoms with Gasteiger partial charge in [0.15, 0.2) is 5.13 Å². The number of aromatic nitrogens is 1. The zero-order valence-electron chi connectivity index (χ0n) is 20.1. The Kier molecular flexibility index (Phi) is 6.18. The van der Waals surface area contributed by atoms with Crippen molar-refractivity contribution in [1.82, 2.24) is 4.98 Å². The fraction of sp³-hybridized carbons (Fsp3) is 0.179. The third kappa shape index (κ3) is 4.00. The number of aliphatic hydroxyl groups excluding tert-OH is 1. The van der Waals surface area contributed by atoms with Crippen molar-refractivity contribution in [3.8, 4) is 5.75 Å². The van der Waals surface area contributed by atoms with Gasteiger partial charge in [-0.15, -0.1) is 0 Å². The minimum Gasteiger partial charge on any atom is -0.507 e. The minimum atomic E-state index is -0.831. The summed E-state index contributed by atoms with van der Waals surface area (Å²) >= 11 is 4.81. The molecule has 1 saturated heterocycles. The molecular weight excluding hydrogens is 540 g/mol. The molecule has 0 radical (unpaired) electrons. The second kappa shape index (κ2) is 9.19. The summed E-state index contributed by atoms with van der Waals surface area (Å²) in [5, 5.41) is 11.8. The molecule has 1 N–H and O–H groups in total. The first kappa shape index (κ1) is 24.2. The molecule has 4 aromatic rings. The first-order valence-corrected chi connectivity index (χ1v) is 12.9. The third-order valence-electron chi connectivity index (χ3n) is 6.32. The molecule has 1 aromatic heterocycles. The molecule has 2 heterocycles. The Morgan fingerprint density at radius 1 is 1.03 bits per heavy atom. The van der Waals surface area contributed by atoms with Crippen molar-refractivity contribution in [1.29, 1.82) is 0 Å². The quantitative estimate of drug-likeness (QED) is 0.172. The first-order chi connectivity index (χ1) is 17.2. The number of carbonyl (C=O) groups is 2. The molecule has 1 atom stereocenters. The Morgan fingerprint density at radius 2 is 1.75 bits per heavy atom. The van der Waals surface area contributed by atoms with Gasteiger partial charge < -0.3 is 9.84 Å². The standard InChI is InChI=1S/C28H23BrN2O4S/c1-14-11-16(3)23-21(12-14)36-28(30-23)31-24(17-5-8-19(29)9-6-17)22(26(33)27(31)34)25(32)18-7-10-20(35-4)15(2)13-18/h5-13,24,32H,1-4H3/b25-22+/t24-/m1/s1. The van der Waals surface area contributed by atoms with E-state index in [9.17, 15) is 14.7 Å². The Hall–Kier alpha value is -3.49. The number of nitrogens with zero attached hydrogens (tertiary/aromatic N) is 2. The van der Waals surface area contributed by atoms with Gasteiger partial charge in [0.2, 0.25) is 0 Å². The fourth-order valence-corrected chi connectivity index (χ4v) is 6.07. The number of benzene rings is 3. The van der Waals surface area contributed by atoms with Gasteiger partial charge in [0.25, 0.3) is 5.78 Å². The molecular formula is C28H23BrN2O4S. The Balaban J connectivity index is 1.73. The van der Waals surface area contributed by atoms with Gasteiger partial charge in [0, 0.05) is 10.0 Å². The van der Waals surface area contributed by atoms with Gasteiger partial charge in [-0.3, -0.25) is 14.5 Å². The predicted molar refractivity (Wildman–Crippen MR) is 146 cm³/mol. The van der Waals surface area contributed by atoms with Crippen LogP contribution in [-0.4, -0.2) is 28.9 Å². The summed E-state index contributed by atoms with van der Waals surface area (Å²) in [5.41, 5.74) is 4.84. The van der Waals surface area contributed by atoms with Crippen molar-refractivity contribution in [2.45, 2.75) is 26.8 Å². The SMILES string of the molecule is COc1ccc(/C(O)=C2\C(=O)C(=O)N(c3nc4c(C)cc(C)cc4s3)[C@@H]2c2ccc(Br)cc2)cc1C. The van der Waals surface area contributed by atoms with Gasteiger partial charge in [-0.25, -0.2) is 4.98 Å². The number of ketones is 1. The van der Waals surface area contributed by atoms with Crippen LogP contribution in [0.15, 0.2) is 64.6 Å². The van der Waals surface area contributed by atoms with Crippen molar-refractivity contribution in [2.24, 2.45) is 0 Å². The van der Waals surface area contributed by atoms with Crippen molar-refractivity contribution < 1.29 is 19.4 Å². The molecule has 0 saturated carbocycles. The van der Waals surface area contributed by atoms with Crippen LogP contribution in [0.5, 0.6) is 5.75 Å². The Morgan fingerprint density at radius 3 is 2.42 bits per heavy atom. The van der Waals surface area contributed by atoms with E-state index in [0.717, 1.165) is 31.4 Å². The van der Waals surface area contributed by atoms with E-state index in [4.69, 9.17) is 9.72 Å². The molecule has 0 aliphatic carbocycles. The molecule has 3 aromatic carbocycles. The van der Waals surface area contributed by atoms with Crippen LogP contribution in [0.4, 0.5) is 5.13 Å². The lowest BCUT2D eigenvalue weighted by Crippen LogP contribution is -2.29. The number of aliphatic hydroxyl groups is 1. The molecule has 1 aliphatic heterocycles. The summed E-state index contributed by atoms with van der Waals surface area (Å²) in [7, 11) is 1.57. The Labute approximate surface area is 221 Å². The van der Waals surface area contributed by atoms with Crippen LogP contribution in [0.1, 0.15) is 33.9 Å². The van der Waals surface area contributed by atoms with Gasteiger partial charge >= 0.3 is 5.91 Å². The van der Waals surface area contributed by atoms with Gasteiger partial charge in [-0.1, -0.05) is 45.5 Å². The second-order valence-corrected chi connectivity index (χ2v) is 10.8. The van der Waals surface area contributed by atoms with E-state index in [2.05, 4.69) is 15.9 Å². The van der Waals surface area contributed by atoms with Gasteiger partial charge in [0.05, 0.1) is 28.9 Å². The first-order valence-electron chi connectivity index (χ1n) is 11.3. The lowest BCUT2D eigenvalue weighted by atomic mass is 9.95. The zero-order valence-corrected chi connectivity index (χ0v) is 22.5. The third-order valence-corrected chi connectivity index (χ3v) is 7.85. The molecule has 36 heavy (non-hydrogen) atoms. The lowest BCUT2D eigenvalue weighted by Gasteiger charge is -2.23. The number of rotatable bonds is 4. The number of thiazole rings is 1. The summed E-state index contributed by atoms with van der Waals surface area (Å²) in [5.74, 6) is -1.04. The van der Waals surface area contributed by atoms with E-state index in [1.165, 1.54) is 16.2 Å². The van der Waals surface area contributed by atoms with Crippen LogP contribution in [0.3, 0.4) is 0 Å².